The van der Waals surface area contributed by atoms with Crippen LogP contribution in [0.15, 0.2) is 0 Å². The number of rotatable bonds is 7. The first-order valence-electron chi connectivity index (χ1n) is 3.72. The Bertz CT molecular complexity index is 127. The van der Waals surface area contributed by atoms with Crippen LogP contribution in [0.5, 0.6) is 0 Å². The van der Waals surface area contributed by atoms with Crippen LogP contribution in [0.4, 0.5) is 0 Å². The summed E-state index contributed by atoms with van der Waals surface area (Å²) in [5.41, 5.74) is 2.38. The van der Waals surface area contributed by atoms with Gasteiger partial charge in [0.1, 0.15) is 0 Å². The van der Waals surface area contributed by atoms with E-state index in [1.165, 1.54) is 11.1 Å². The molecule has 0 N–H and O–H groups in total. The third-order valence-electron chi connectivity index (χ3n) is 1.31. The first-order chi connectivity index (χ1) is 5.70. The predicted molar refractivity (Wildman–Crippen MR) is 57.0 cm³/mol. The van der Waals surface area contributed by atoms with E-state index in [-0.39, 0.29) is 6.29 Å². The van der Waals surface area contributed by atoms with Gasteiger partial charge in [0, 0.05) is 6.42 Å². The van der Waals surface area contributed by atoms with Crippen molar-refractivity contribution in [1.29, 1.82) is 0 Å². The quantitative estimate of drug-likeness (QED) is 0.469. The molecule has 0 heterocycles. The molecule has 0 fully saturated rings. The maximum Gasteiger partial charge on any atom is 0.241 e. The van der Waals surface area contributed by atoms with E-state index in [4.69, 9.17) is 9.47 Å². The molecule has 0 aromatic rings. The zero-order valence-electron chi connectivity index (χ0n) is 7.06. The summed E-state index contributed by atoms with van der Waals surface area (Å²) < 4.78 is 9.95. The van der Waals surface area contributed by atoms with Crippen molar-refractivity contribution in [3.05, 3.63) is 6.92 Å². The smallest absolute Gasteiger partial charge is 0.241 e. The molecule has 2 nitrogen and oxygen atoms in total. The Hall–Kier alpha value is -0.220. The molecule has 12 heavy (non-hydrogen) atoms. The average molecular weight is 205 g/mol. The molecule has 1 atom stereocenters. The molecule has 0 spiro atoms. The molecule has 1 radical (unpaired) electrons. The first kappa shape index (κ1) is 11.8. The van der Waals surface area contributed by atoms with Crippen LogP contribution in [0.3, 0.4) is 0 Å². The molecule has 0 bridgehead atoms. The Morgan fingerprint density at radius 3 is 2.08 bits per heavy atom. The maximum atomic E-state index is 4.97. The topological polar surface area (TPSA) is 18.5 Å². The Morgan fingerprint density at radius 1 is 1.25 bits per heavy atom. The second-order valence-corrected chi connectivity index (χ2v) is 2.96. The minimum Gasteiger partial charge on any atom is -0.451 e. The van der Waals surface area contributed by atoms with E-state index < -0.39 is 0 Å². The number of hydrogen-bond donors (Lipinski definition) is 0. The lowest BCUT2D eigenvalue weighted by Gasteiger charge is -2.15. The lowest BCUT2D eigenvalue weighted by molar-refractivity contribution is -0.00878. The van der Waals surface area contributed by atoms with E-state index >= 15 is 0 Å². The van der Waals surface area contributed by atoms with Crippen LogP contribution in [0.1, 0.15) is 19.8 Å². The van der Waals surface area contributed by atoms with E-state index in [1.807, 2.05) is 6.92 Å². The van der Waals surface area contributed by atoms with E-state index in [0.717, 1.165) is 12.8 Å². The van der Waals surface area contributed by atoms with Gasteiger partial charge in [-0.05, 0) is 36.8 Å². The van der Waals surface area contributed by atoms with Crippen molar-refractivity contribution in [2.75, 3.05) is 0 Å². The fraction of sp³-hybridized carbons (Fsp3) is 0.625. The lowest BCUT2D eigenvalue weighted by Crippen LogP contribution is -2.15. The zero-order chi connectivity index (χ0) is 9.40. The Labute approximate surface area is 84.2 Å². The summed E-state index contributed by atoms with van der Waals surface area (Å²) in [6.07, 6.45) is 1.34. The number of ether oxygens (including phenoxy) is 2. The summed E-state index contributed by atoms with van der Waals surface area (Å²) in [5, 5.41) is 0. The van der Waals surface area contributed by atoms with Gasteiger partial charge >= 0.3 is 0 Å². The van der Waals surface area contributed by atoms with Crippen LogP contribution in [0, 0.1) is 12.8 Å². The summed E-state index contributed by atoms with van der Waals surface area (Å²) in [5.74, 6) is 0.384. The predicted octanol–water partition coefficient (Wildman–Crippen LogP) is 2.51. The molecular formula is C8H13O2S2. The van der Waals surface area contributed by atoms with Crippen LogP contribution in [-0.4, -0.2) is 17.4 Å². The molecule has 0 aromatic heterocycles. The second kappa shape index (κ2) is 7.43. The summed E-state index contributed by atoms with van der Waals surface area (Å²) in [6, 6.07) is 0. The van der Waals surface area contributed by atoms with Crippen LogP contribution < -0.4 is 0 Å². The molecule has 0 aliphatic carbocycles. The molecule has 0 aliphatic heterocycles. The Balaban J connectivity index is 3.61. The Morgan fingerprint density at radius 2 is 1.75 bits per heavy atom. The van der Waals surface area contributed by atoms with Gasteiger partial charge in [-0.1, -0.05) is 13.8 Å². The fourth-order valence-corrected chi connectivity index (χ4v) is 0.961. The van der Waals surface area contributed by atoms with E-state index in [1.54, 1.807) is 0 Å². The molecule has 0 saturated heterocycles. The van der Waals surface area contributed by atoms with E-state index in [9.17, 15) is 0 Å². The highest BCUT2D eigenvalue weighted by Crippen LogP contribution is 2.09. The average Bonchev–Trinajstić information content (AvgIpc) is 2.01. The Kier molecular flexibility index (Phi) is 7.29. The molecule has 0 rings (SSSR count). The van der Waals surface area contributed by atoms with Crippen molar-refractivity contribution in [2.45, 2.75) is 26.1 Å². The van der Waals surface area contributed by atoms with Gasteiger partial charge in [-0.25, -0.2) is 0 Å². The molecule has 0 amide bonds. The summed E-state index contributed by atoms with van der Waals surface area (Å²) in [4.78, 5) is 0. The zero-order valence-corrected chi connectivity index (χ0v) is 8.70. The van der Waals surface area contributed by atoms with Crippen molar-refractivity contribution >= 4 is 35.5 Å². The summed E-state index contributed by atoms with van der Waals surface area (Å²) in [7, 11) is 0. The highest BCUT2D eigenvalue weighted by Gasteiger charge is 2.08. The maximum absolute atomic E-state index is 4.97. The van der Waals surface area contributed by atoms with Gasteiger partial charge in [0.25, 0.3) is 0 Å². The monoisotopic (exact) mass is 205 g/mol. The third-order valence-corrected chi connectivity index (χ3v) is 1.53. The summed E-state index contributed by atoms with van der Waals surface area (Å²) >= 11 is 9.06. The minimum atomic E-state index is -0.343. The first-order valence-corrected chi connectivity index (χ1v) is 4.66. The number of thiocarbonyl (C=S) groups is 2. The molecule has 1 unspecified atom stereocenters. The largest absolute Gasteiger partial charge is 0.451 e. The molecule has 0 saturated carbocycles. The molecule has 69 valence electrons. The van der Waals surface area contributed by atoms with Crippen LogP contribution in [-0.2, 0) is 9.47 Å². The minimum absolute atomic E-state index is 0.343. The highest BCUT2D eigenvalue weighted by atomic mass is 32.1. The molecule has 4 heteroatoms. The van der Waals surface area contributed by atoms with Gasteiger partial charge in [-0.15, -0.1) is 0 Å². The van der Waals surface area contributed by atoms with E-state index in [2.05, 4.69) is 31.4 Å². The van der Waals surface area contributed by atoms with Crippen LogP contribution >= 0.6 is 24.4 Å². The van der Waals surface area contributed by atoms with Crippen molar-refractivity contribution in [1.82, 2.24) is 0 Å². The third kappa shape index (κ3) is 6.49. The van der Waals surface area contributed by atoms with Crippen LogP contribution in [0.25, 0.3) is 0 Å². The van der Waals surface area contributed by atoms with Gasteiger partial charge in [-0.3, -0.25) is 0 Å². The van der Waals surface area contributed by atoms with Gasteiger partial charge in [0.2, 0.25) is 6.29 Å². The lowest BCUT2D eigenvalue weighted by atomic mass is 10.1. The molecule has 0 aromatic carbocycles. The molecular weight excluding hydrogens is 192 g/mol. The van der Waals surface area contributed by atoms with Crippen molar-refractivity contribution in [3.8, 4) is 0 Å². The standard InChI is InChI=1S/C8H13O2S2/c1-7(2)3-4-8(9-5-11)10-6-12/h5-8H,1,3-4H2,2H3. The second-order valence-electron chi connectivity index (χ2n) is 2.58. The van der Waals surface area contributed by atoms with Gasteiger partial charge in [0.05, 0.1) is 0 Å². The van der Waals surface area contributed by atoms with Gasteiger partial charge in [0.15, 0.2) is 11.1 Å². The van der Waals surface area contributed by atoms with Crippen molar-refractivity contribution in [3.63, 3.8) is 0 Å². The van der Waals surface area contributed by atoms with Crippen molar-refractivity contribution in [2.24, 2.45) is 5.92 Å². The summed E-state index contributed by atoms with van der Waals surface area (Å²) in [6.45, 7) is 5.88. The van der Waals surface area contributed by atoms with Gasteiger partial charge < -0.3 is 9.47 Å². The number of hydrogen-bond acceptors (Lipinski definition) is 4. The normalized spacial score (nSPS) is 10.0. The highest BCUT2D eigenvalue weighted by molar-refractivity contribution is 7.78. The van der Waals surface area contributed by atoms with Gasteiger partial charge in [-0.2, -0.15) is 0 Å². The SMILES string of the molecule is [CH2]C(C)CCC(OC=S)OC=S. The fourth-order valence-electron chi connectivity index (χ4n) is 0.713. The van der Waals surface area contributed by atoms with Crippen LogP contribution in [0.2, 0.25) is 0 Å². The van der Waals surface area contributed by atoms with Crippen molar-refractivity contribution < 1.29 is 9.47 Å². The van der Waals surface area contributed by atoms with E-state index in [0.29, 0.717) is 5.92 Å². The molecule has 0 aliphatic rings.